The van der Waals surface area contributed by atoms with Crippen LogP contribution in [-0.4, -0.2) is 62.2 Å². The van der Waals surface area contributed by atoms with Crippen LogP contribution in [0.25, 0.3) is 0 Å². The molecule has 1 amide bonds. The predicted octanol–water partition coefficient (Wildman–Crippen LogP) is 0.252. The Balaban J connectivity index is 1.90. The molecule has 1 aromatic rings. The van der Waals surface area contributed by atoms with E-state index in [0.717, 1.165) is 0 Å². The first-order chi connectivity index (χ1) is 10.5. The number of carbonyl (C=O) groups excluding carboxylic acids is 1. The van der Waals surface area contributed by atoms with Gasteiger partial charge in [-0.25, -0.2) is 8.42 Å². The van der Waals surface area contributed by atoms with Gasteiger partial charge in [-0.2, -0.15) is 4.31 Å². The van der Waals surface area contributed by atoms with Gasteiger partial charge >= 0.3 is 0 Å². The number of nitrogens with one attached hydrogen (secondary N) is 1. The van der Waals surface area contributed by atoms with Crippen molar-refractivity contribution < 1.29 is 17.9 Å². The van der Waals surface area contributed by atoms with Crippen LogP contribution < -0.4 is 5.32 Å². The smallest absolute Gasteiger partial charge is 0.252 e. The number of aromatic nitrogens is 1. The highest BCUT2D eigenvalue weighted by molar-refractivity contribution is 7.88. The summed E-state index contributed by atoms with van der Waals surface area (Å²) in [5.41, 5.74) is 0.458. The normalized spacial score (nSPS) is 16.6. The quantitative estimate of drug-likeness (QED) is 0.809. The molecule has 2 rings (SSSR count). The average molecular weight is 327 g/mol. The van der Waals surface area contributed by atoms with Crippen molar-refractivity contribution in [2.24, 2.45) is 0 Å². The van der Waals surface area contributed by atoms with E-state index in [1.807, 2.05) is 0 Å². The van der Waals surface area contributed by atoms with E-state index < -0.39 is 10.0 Å². The molecular weight excluding hydrogens is 306 g/mol. The van der Waals surface area contributed by atoms with Gasteiger partial charge in [0, 0.05) is 44.7 Å². The third-order valence-corrected chi connectivity index (χ3v) is 4.90. The lowest BCUT2D eigenvalue weighted by atomic mass is 10.1. The molecule has 1 aromatic heterocycles. The predicted molar refractivity (Wildman–Crippen MR) is 82.0 cm³/mol. The van der Waals surface area contributed by atoms with Crippen LogP contribution in [0.5, 0.6) is 0 Å². The second-order valence-electron chi connectivity index (χ2n) is 5.21. The summed E-state index contributed by atoms with van der Waals surface area (Å²) in [5, 5.41) is 2.72. The van der Waals surface area contributed by atoms with E-state index in [-0.39, 0.29) is 25.0 Å². The number of rotatable bonds is 6. The Morgan fingerprint density at radius 1 is 1.45 bits per heavy atom. The van der Waals surface area contributed by atoms with Crippen molar-refractivity contribution in [3.05, 3.63) is 30.1 Å². The van der Waals surface area contributed by atoms with Crippen molar-refractivity contribution in [1.29, 1.82) is 0 Å². The fourth-order valence-corrected chi connectivity index (χ4v) is 3.65. The minimum absolute atomic E-state index is 0.0564. The molecule has 1 fully saturated rings. The van der Waals surface area contributed by atoms with Gasteiger partial charge in [0.25, 0.3) is 5.91 Å². The number of sulfonamides is 1. The molecule has 2 heterocycles. The highest BCUT2D eigenvalue weighted by Crippen LogP contribution is 2.16. The van der Waals surface area contributed by atoms with E-state index in [4.69, 9.17) is 4.74 Å². The third-order valence-electron chi connectivity index (χ3n) is 3.57. The Morgan fingerprint density at radius 2 is 2.18 bits per heavy atom. The fraction of sp³-hybridized carbons (Fsp3) is 0.571. The Morgan fingerprint density at radius 3 is 2.77 bits per heavy atom. The molecule has 122 valence electrons. The number of ether oxygens (including phenoxy) is 1. The Kier molecular flexibility index (Phi) is 5.87. The maximum atomic E-state index is 11.9. The average Bonchev–Trinajstić information content (AvgIpc) is 2.52. The van der Waals surface area contributed by atoms with Crippen LogP contribution in [0.3, 0.4) is 0 Å². The molecule has 22 heavy (non-hydrogen) atoms. The highest BCUT2D eigenvalue weighted by atomic mass is 32.2. The first kappa shape index (κ1) is 16.9. The lowest BCUT2D eigenvalue weighted by Gasteiger charge is -2.32. The number of carbonyl (C=O) groups is 1. The number of hydrogen-bond donors (Lipinski definition) is 1. The van der Waals surface area contributed by atoms with Crippen LogP contribution in [0.1, 0.15) is 23.2 Å². The van der Waals surface area contributed by atoms with Gasteiger partial charge in [-0.1, -0.05) is 0 Å². The van der Waals surface area contributed by atoms with Gasteiger partial charge in [-0.05, 0) is 25.0 Å². The molecule has 7 nitrogen and oxygen atoms in total. The maximum Gasteiger partial charge on any atom is 0.252 e. The lowest BCUT2D eigenvalue weighted by Crippen LogP contribution is -2.46. The molecule has 1 aliphatic heterocycles. The summed E-state index contributed by atoms with van der Waals surface area (Å²) in [6, 6.07) is 3.29. The van der Waals surface area contributed by atoms with Crippen LogP contribution in [0.15, 0.2) is 24.5 Å². The van der Waals surface area contributed by atoms with Gasteiger partial charge in [-0.15, -0.1) is 0 Å². The van der Waals surface area contributed by atoms with Crippen molar-refractivity contribution in [3.63, 3.8) is 0 Å². The lowest BCUT2D eigenvalue weighted by molar-refractivity contribution is 0.0585. The van der Waals surface area contributed by atoms with Gasteiger partial charge < -0.3 is 10.1 Å². The van der Waals surface area contributed by atoms with E-state index in [1.54, 1.807) is 18.3 Å². The summed E-state index contributed by atoms with van der Waals surface area (Å²) in [6.07, 6.45) is 5.63. The number of hydrogen-bond acceptors (Lipinski definition) is 5. The molecule has 8 heteroatoms. The zero-order chi connectivity index (χ0) is 16.0. The number of amides is 1. The monoisotopic (exact) mass is 327 g/mol. The number of pyridine rings is 1. The molecular formula is C14H21N3O4S. The SMILES string of the molecule is CS(=O)(=O)N(CCNC(=O)c1cccnc1)C1CCOCC1. The van der Waals surface area contributed by atoms with Gasteiger partial charge in [0.05, 0.1) is 11.8 Å². The van der Waals surface area contributed by atoms with Crippen molar-refractivity contribution >= 4 is 15.9 Å². The zero-order valence-corrected chi connectivity index (χ0v) is 13.4. The van der Waals surface area contributed by atoms with Crippen LogP contribution in [0, 0.1) is 0 Å². The first-order valence-electron chi connectivity index (χ1n) is 7.21. The van der Waals surface area contributed by atoms with Gasteiger partial charge in [0.15, 0.2) is 0 Å². The van der Waals surface area contributed by atoms with Crippen LogP contribution >= 0.6 is 0 Å². The van der Waals surface area contributed by atoms with Crippen molar-refractivity contribution in [1.82, 2.24) is 14.6 Å². The van der Waals surface area contributed by atoms with E-state index in [2.05, 4.69) is 10.3 Å². The topological polar surface area (TPSA) is 88.6 Å². The Bertz CT molecular complexity index is 585. The van der Waals surface area contributed by atoms with Crippen LogP contribution in [0.4, 0.5) is 0 Å². The summed E-state index contributed by atoms with van der Waals surface area (Å²) < 4.78 is 30.6. The molecule has 0 aliphatic carbocycles. The molecule has 0 spiro atoms. The standard InChI is InChI=1S/C14H21N3O4S/c1-22(19,20)17(13-4-9-21-10-5-13)8-7-16-14(18)12-3-2-6-15-11-12/h2-3,6,11,13H,4-5,7-10H2,1H3,(H,16,18). The highest BCUT2D eigenvalue weighted by Gasteiger charge is 2.28. The van der Waals surface area contributed by atoms with E-state index in [9.17, 15) is 13.2 Å². The third kappa shape index (κ3) is 4.75. The Hall–Kier alpha value is -1.51. The molecule has 1 N–H and O–H groups in total. The van der Waals surface area contributed by atoms with Gasteiger partial charge in [-0.3, -0.25) is 9.78 Å². The van der Waals surface area contributed by atoms with Gasteiger partial charge in [0.2, 0.25) is 10.0 Å². The molecule has 0 saturated carbocycles. The van der Waals surface area contributed by atoms with Crippen molar-refractivity contribution in [3.8, 4) is 0 Å². The van der Waals surface area contributed by atoms with E-state index in [0.29, 0.717) is 31.6 Å². The van der Waals surface area contributed by atoms with Crippen molar-refractivity contribution in [2.75, 3.05) is 32.6 Å². The molecule has 0 aromatic carbocycles. The largest absolute Gasteiger partial charge is 0.381 e. The summed E-state index contributed by atoms with van der Waals surface area (Å²) in [4.78, 5) is 15.8. The molecule has 0 bridgehead atoms. The van der Waals surface area contributed by atoms with Crippen molar-refractivity contribution in [2.45, 2.75) is 18.9 Å². The van der Waals surface area contributed by atoms with Crippen LogP contribution in [-0.2, 0) is 14.8 Å². The summed E-state index contributed by atoms with van der Waals surface area (Å²) in [7, 11) is -3.31. The minimum atomic E-state index is -3.31. The Labute approximate surface area is 130 Å². The molecule has 0 unspecified atom stereocenters. The second-order valence-corrected chi connectivity index (χ2v) is 7.15. The zero-order valence-electron chi connectivity index (χ0n) is 12.6. The number of nitrogens with zero attached hydrogens (tertiary/aromatic N) is 2. The first-order valence-corrected chi connectivity index (χ1v) is 9.06. The summed E-state index contributed by atoms with van der Waals surface area (Å²) >= 11 is 0. The second kappa shape index (κ2) is 7.66. The van der Waals surface area contributed by atoms with E-state index >= 15 is 0 Å². The molecule has 0 atom stereocenters. The molecule has 1 saturated heterocycles. The van der Waals surface area contributed by atoms with Crippen LogP contribution in [0.2, 0.25) is 0 Å². The molecule has 0 radical (unpaired) electrons. The summed E-state index contributed by atoms with van der Waals surface area (Å²) in [5.74, 6) is -0.256. The molecule has 1 aliphatic rings. The maximum absolute atomic E-state index is 11.9. The van der Waals surface area contributed by atoms with E-state index in [1.165, 1.54) is 16.8 Å². The fourth-order valence-electron chi connectivity index (χ4n) is 2.47. The summed E-state index contributed by atoms with van der Waals surface area (Å²) in [6.45, 7) is 1.66. The van der Waals surface area contributed by atoms with Gasteiger partial charge in [0.1, 0.15) is 0 Å². The minimum Gasteiger partial charge on any atom is -0.381 e.